The molecule has 0 bridgehead atoms. The van der Waals surface area contributed by atoms with Gasteiger partial charge in [-0.25, -0.2) is 4.79 Å². The lowest BCUT2D eigenvalue weighted by Crippen LogP contribution is -2.34. The minimum absolute atomic E-state index is 0.0837. The number of carbonyl (C=O) groups is 1. The van der Waals surface area contributed by atoms with Crippen LogP contribution in [0.1, 0.15) is 54.0 Å². The smallest absolute Gasteiger partial charge is 0.327 e. The first-order valence-corrected chi connectivity index (χ1v) is 11.1. The predicted octanol–water partition coefficient (Wildman–Crippen LogP) is 2.84. The van der Waals surface area contributed by atoms with Gasteiger partial charge in [0.15, 0.2) is 0 Å². The fraction of sp³-hybridized carbons (Fsp3) is 0.364. The summed E-state index contributed by atoms with van der Waals surface area (Å²) in [4.78, 5) is 24.5. The number of hydrogen-bond donors (Lipinski definition) is 2. The van der Waals surface area contributed by atoms with Crippen LogP contribution >= 0.6 is 11.8 Å². The fourth-order valence-corrected chi connectivity index (χ4v) is 5.85. The first-order chi connectivity index (χ1) is 13.8. The minimum atomic E-state index is -0.927. The van der Waals surface area contributed by atoms with E-state index in [1.54, 1.807) is 6.07 Å². The van der Waals surface area contributed by atoms with Gasteiger partial charge in [0.1, 0.15) is 13.9 Å². The number of nitrogens with one attached hydrogen (secondary N) is 1. The molecular weight excluding hydrogens is 383 g/mol. The molecule has 0 amide bonds. The molecule has 1 aromatic heterocycles. The molecule has 2 N–H and O–H groups in total. The van der Waals surface area contributed by atoms with E-state index in [-0.39, 0.29) is 11.0 Å². The number of nitrogens with zero attached hydrogens (tertiary/aromatic N) is 1. The van der Waals surface area contributed by atoms with Gasteiger partial charge in [0, 0.05) is 28.5 Å². The topological polar surface area (TPSA) is 71.3 Å². The number of carboxylic acids is 1. The van der Waals surface area contributed by atoms with Crippen LogP contribution in [0.2, 0.25) is 0 Å². The average Bonchev–Trinajstić information content (AvgIpc) is 3.37. The van der Waals surface area contributed by atoms with E-state index in [1.165, 1.54) is 33.0 Å². The van der Waals surface area contributed by atoms with E-state index in [1.807, 2.05) is 0 Å². The normalized spacial score (nSPS) is 24.7. The number of pyridine rings is 1. The van der Waals surface area contributed by atoms with E-state index < -0.39 is 12.0 Å². The molecule has 2 aromatic rings. The molecule has 7 heteroatoms. The van der Waals surface area contributed by atoms with Gasteiger partial charge in [0.2, 0.25) is 0 Å². The van der Waals surface area contributed by atoms with Gasteiger partial charge >= 0.3 is 5.97 Å². The number of fused-ring (bicyclic) bond motifs is 2. The summed E-state index contributed by atoms with van der Waals surface area (Å²) in [6.45, 7) is 2.14. The zero-order chi connectivity index (χ0) is 20.3. The second kappa shape index (κ2) is 6.56. The van der Waals surface area contributed by atoms with Crippen LogP contribution in [-0.2, 0) is 11.2 Å². The van der Waals surface area contributed by atoms with Crippen LogP contribution < -0.4 is 10.9 Å². The third-order valence-electron chi connectivity index (χ3n) is 5.99. The van der Waals surface area contributed by atoms with Crippen molar-refractivity contribution >= 4 is 37.3 Å². The van der Waals surface area contributed by atoms with E-state index in [0.29, 0.717) is 18.1 Å². The van der Waals surface area contributed by atoms with E-state index in [0.717, 1.165) is 29.1 Å². The molecule has 1 fully saturated rings. The summed E-state index contributed by atoms with van der Waals surface area (Å²) in [5, 5.41) is 14.0. The van der Waals surface area contributed by atoms with Gasteiger partial charge < -0.3 is 10.4 Å². The molecule has 148 valence electrons. The van der Waals surface area contributed by atoms with Crippen LogP contribution in [0.25, 0.3) is 6.08 Å². The summed E-state index contributed by atoms with van der Waals surface area (Å²) in [5.41, 5.74) is 5.44. The molecule has 5 nitrogen and oxygen atoms in total. The van der Waals surface area contributed by atoms with Gasteiger partial charge in [-0.2, -0.15) is 0 Å². The maximum Gasteiger partial charge on any atom is 0.327 e. The number of aliphatic carboxylic acids is 1. The van der Waals surface area contributed by atoms with E-state index >= 15 is 0 Å². The Labute approximate surface area is 174 Å². The lowest BCUT2D eigenvalue weighted by Gasteiger charge is -2.30. The van der Waals surface area contributed by atoms with Crippen molar-refractivity contribution in [1.29, 1.82) is 0 Å². The van der Waals surface area contributed by atoms with Crippen molar-refractivity contribution in [3.63, 3.8) is 0 Å². The Morgan fingerprint density at radius 1 is 1.38 bits per heavy atom. The number of benzene rings is 1. The van der Waals surface area contributed by atoms with Crippen LogP contribution in [0.5, 0.6) is 0 Å². The predicted molar refractivity (Wildman–Crippen MR) is 119 cm³/mol. The fourth-order valence-electron chi connectivity index (χ4n) is 4.43. The molecule has 5 rings (SSSR count). The minimum Gasteiger partial charge on any atom is -0.480 e. The molecule has 3 heterocycles. The molecule has 3 aliphatic rings. The lowest BCUT2D eigenvalue weighted by atomic mass is 9.76. The van der Waals surface area contributed by atoms with Gasteiger partial charge in [0.25, 0.3) is 5.56 Å². The SMILES string of the molecule is BC1(C)C=Cc2c(Cc3cc(=O)n4c(c3C3CC3)SCC4C(=O)O)cccc2N1. The Hall–Kier alpha value is -2.41. The average molecular weight is 406 g/mol. The van der Waals surface area contributed by atoms with Crippen LogP contribution in [0.3, 0.4) is 0 Å². The second-order valence-electron chi connectivity index (χ2n) is 8.77. The summed E-state index contributed by atoms with van der Waals surface area (Å²) >= 11 is 1.52. The molecule has 1 aromatic carbocycles. The van der Waals surface area contributed by atoms with Crippen molar-refractivity contribution in [3.8, 4) is 0 Å². The molecule has 2 unspecified atom stereocenters. The molecule has 2 aliphatic heterocycles. The molecule has 0 saturated heterocycles. The van der Waals surface area contributed by atoms with Gasteiger partial charge in [0.05, 0.1) is 5.03 Å². The van der Waals surface area contributed by atoms with E-state index in [2.05, 4.69) is 50.4 Å². The molecular formula is C22H23BN2O3S. The number of hydrogen-bond acceptors (Lipinski definition) is 4. The highest BCUT2D eigenvalue weighted by molar-refractivity contribution is 7.99. The number of aromatic nitrogens is 1. The number of rotatable bonds is 4. The van der Waals surface area contributed by atoms with Crippen LogP contribution in [0, 0.1) is 0 Å². The van der Waals surface area contributed by atoms with Crippen molar-refractivity contribution in [1.82, 2.24) is 4.57 Å². The molecule has 1 aliphatic carbocycles. The van der Waals surface area contributed by atoms with Crippen LogP contribution in [-0.4, -0.2) is 34.7 Å². The zero-order valence-corrected chi connectivity index (χ0v) is 17.4. The number of anilines is 1. The summed E-state index contributed by atoms with van der Waals surface area (Å²) in [7, 11) is 2.14. The van der Waals surface area contributed by atoms with Gasteiger partial charge in [-0.15, -0.1) is 11.8 Å². The molecule has 2 atom stereocenters. The van der Waals surface area contributed by atoms with Gasteiger partial charge in [-0.1, -0.05) is 24.3 Å². The summed E-state index contributed by atoms with van der Waals surface area (Å²) in [6.07, 6.45) is 7.25. The van der Waals surface area contributed by atoms with Crippen molar-refractivity contribution in [2.24, 2.45) is 0 Å². The Morgan fingerprint density at radius 2 is 2.17 bits per heavy atom. The second-order valence-corrected chi connectivity index (χ2v) is 9.78. The van der Waals surface area contributed by atoms with Crippen LogP contribution in [0.4, 0.5) is 5.69 Å². The first kappa shape index (κ1) is 18.6. The van der Waals surface area contributed by atoms with E-state index in [4.69, 9.17) is 0 Å². The van der Waals surface area contributed by atoms with Crippen molar-refractivity contribution in [3.05, 3.63) is 62.9 Å². The Bertz CT molecular complexity index is 1120. The maximum atomic E-state index is 12.9. The molecule has 1 saturated carbocycles. The molecule has 0 radical (unpaired) electrons. The van der Waals surface area contributed by atoms with Crippen molar-refractivity contribution in [2.75, 3.05) is 11.1 Å². The molecule has 29 heavy (non-hydrogen) atoms. The largest absolute Gasteiger partial charge is 0.480 e. The Morgan fingerprint density at radius 3 is 2.90 bits per heavy atom. The standard InChI is InChI=1S/C22H23BN2O3S/c1-22(23)8-7-15-13(3-2-4-16(15)24-22)9-14-10-18(26)25-17(21(27)28)11-29-20(25)19(14)12-5-6-12/h2-4,7-8,10,12,17,24H,5-6,9,11,23H2,1H3,(H,27,28). The molecule has 0 spiro atoms. The number of thioether (sulfide) groups is 1. The summed E-state index contributed by atoms with van der Waals surface area (Å²) in [6, 6.07) is 7.20. The summed E-state index contributed by atoms with van der Waals surface area (Å²) in [5.74, 6) is -0.0567. The monoisotopic (exact) mass is 406 g/mol. The zero-order valence-electron chi connectivity index (χ0n) is 16.6. The quantitative estimate of drug-likeness (QED) is 0.765. The third kappa shape index (κ3) is 3.21. The number of carboxylic acid groups (broad SMARTS) is 1. The highest BCUT2D eigenvalue weighted by Gasteiger charge is 2.37. The van der Waals surface area contributed by atoms with Crippen molar-refractivity contribution < 1.29 is 9.90 Å². The van der Waals surface area contributed by atoms with E-state index in [9.17, 15) is 14.7 Å². The third-order valence-corrected chi connectivity index (χ3v) is 7.16. The Balaban J connectivity index is 1.60. The maximum absolute atomic E-state index is 12.9. The van der Waals surface area contributed by atoms with Crippen molar-refractivity contribution in [2.45, 2.75) is 48.6 Å². The Kier molecular flexibility index (Phi) is 4.21. The first-order valence-electron chi connectivity index (χ1n) is 10.1. The lowest BCUT2D eigenvalue weighted by molar-refractivity contribution is -0.140. The highest BCUT2D eigenvalue weighted by atomic mass is 32.2. The van der Waals surface area contributed by atoms with Crippen LogP contribution in [0.15, 0.2) is 40.2 Å². The highest BCUT2D eigenvalue weighted by Crippen LogP contribution is 2.48. The van der Waals surface area contributed by atoms with Gasteiger partial charge in [-0.05, 0) is 54.9 Å². The van der Waals surface area contributed by atoms with Gasteiger partial charge in [-0.3, -0.25) is 9.36 Å². The summed E-state index contributed by atoms with van der Waals surface area (Å²) < 4.78 is 1.51.